The van der Waals surface area contributed by atoms with Crippen molar-refractivity contribution < 1.29 is 14.7 Å². The average Bonchev–Trinajstić information content (AvgIpc) is 3.40. The molecular formula is C19H16N2O3. The molecule has 2 aromatic rings. The molecule has 120 valence electrons. The highest BCUT2D eigenvalue weighted by atomic mass is 16.4. The van der Waals surface area contributed by atoms with E-state index in [4.69, 9.17) is 5.11 Å². The van der Waals surface area contributed by atoms with Crippen LogP contribution < -0.4 is 5.32 Å². The van der Waals surface area contributed by atoms with E-state index in [2.05, 4.69) is 22.1 Å². The molecule has 1 aromatic heterocycles. The first-order valence-electron chi connectivity index (χ1n) is 7.66. The fourth-order valence-electron chi connectivity index (χ4n) is 2.14. The van der Waals surface area contributed by atoms with Crippen LogP contribution in [0.3, 0.4) is 0 Å². The van der Waals surface area contributed by atoms with Gasteiger partial charge < -0.3 is 10.4 Å². The number of nitrogens with one attached hydrogen (secondary N) is 1. The zero-order valence-electron chi connectivity index (χ0n) is 13.2. The van der Waals surface area contributed by atoms with E-state index in [1.165, 1.54) is 0 Å². The zero-order valence-corrected chi connectivity index (χ0v) is 13.2. The molecule has 5 nitrogen and oxygen atoms in total. The van der Waals surface area contributed by atoms with Crippen molar-refractivity contribution in [3.8, 4) is 11.8 Å². The standard InChI is InChI=1S/C19H16N2O3/c1-12-2-5-16(19(23)24)10-15(12)6-3-13-4-9-17(20-11-13)21-18(22)14-7-8-14/h2,4-5,9-11,14H,7-8H2,1H3,(H,23,24)(H,20,21,22). The second kappa shape index (κ2) is 6.55. The van der Waals surface area contributed by atoms with Gasteiger partial charge >= 0.3 is 5.97 Å². The van der Waals surface area contributed by atoms with E-state index in [1.807, 2.05) is 6.92 Å². The number of rotatable bonds is 3. The Kier molecular flexibility index (Phi) is 4.30. The van der Waals surface area contributed by atoms with Gasteiger partial charge in [0.2, 0.25) is 5.91 Å². The lowest BCUT2D eigenvalue weighted by atomic mass is 10.1. The van der Waals surface area contributed by atoms with Crippen molar-refractivity contribution in [2.45, 2.75) is 19.8 Å². The Bertz CT molecular complexity index is 856. The summed E-state index contributed by atoms with van der Waals surface area (Å²) in [6, 6.07) is 8.34. The third-order valence-corrected chi connectivity index (χ3v) is 3.79. The smallest absolute Gasteiger partial charge is 0.335 e. The summed E-state index contributed by atoms with van der Waals surface area (Å²) in [5.41, 5.74) is 2.48. The van der Waals surface area contributed by atoms with Gasteiger partial charge in [0, 0.05) is 23.2 Å². The minimum atomic E-state index is -0.976. The van der Waals surface area contributed by atoms with Crippen LogP contribution in [0.4, 0.5) is 5.82 Å². The number of carboxylic acids is 1. The molecule has 0 radical (unpaired) electrons. The molecule has 1 amide bonds. The lowest BCUT2D eigenvalue weighted by Crippen LogP contribution is -2.14. The molecule has 1 heterocycles. The Morgan fingerprint density at radius 2 is 2.00 bits per heavy atom. The summed E-state index contributed by atoms with van der Waals surface area (Å²) in [4.78, 5) is 26.9. The maximum Gasteiger partial charge on any atom is 0.335 e. The minimum absolute atomic E-state index is 0.0162. The first-order chi connectivity index (χ1) is 11.5. The quantitative estimate of drug-likeness (QED) is 0.852. The number of aryl methyl sites for hydroxylation is 1. The van der Waals surface area contributed by atoms with Crippen LogP contribution >= 0.6 is 0 Å². The number of pyridine rings is 1. The van der Waals surface area contributed by atoms with E-state index in [1.54, 1.807) is 36.5 Å². The summed E-state index contributed by atoms with van der Waals surface area (Å²) in [6.07, 6.45) is 3.49. The lowest BCUT2D eigenvalue weighted by Gasteiger charge is -2.02. The number of amides is 1. The molecule has 1 fully saturated rings. The number of carbonyl (C=O) groups is 2. The number of carbonyl (C=O) groups excluding carboxylic acids is 1. The van der Waals surface area contributed by atoms with Crippen molar-refractivity contribution in [2.75, 3.05) is 5.32 Å². The summed E-state index contributed by atoms with van der Waals surface area (Å²) in [5.74, 6) is 5.63. The molecule has 0 atom stereocenters. The van der Waals surface area contributed by atoms with Gasteiger partial charge in [-0.1, -0.05) is 17.9 Å². The molecule has 0 unspecified atom stereocenters. The van der Waals surface area contributed by atoms with Gasteiger partial charge in [-0.05, 0) is 49.6 Å². The number of anilines is 1. The summed E-state index contributed by atoms with van der Waals surface area (Å²) in [5, 5.41) is 11.8. The number of carboxylic acid groups (broad SMARTS) is 1. The van der Waals surface area contributed by atoms with Crippen molar-refractivity contribution in [1.29, 1.82) is 0 Å². The number of hydrogen-bond donors (Lipinski definition) is 2. The van der Waals surface area contributed by atoms with Crippen LogP contribution in [-0.4, -0.2) is 22.0 Å². The first kappa shape index (κ1) is 15.8. The first-order valence-corrected chi connectivity index (χ1v) is 7.66. The number of aromatic nitrogens is 1. The van der Waals surface area contributed by atoms with Gasteiger partial charge in [0.1, 0.15) is 5.82 Å². The van der Waals surface area contributed by atoms with Crippen molar-refractivity contribution in [1.82, 2.24) is 4.98 Å². The van der Waals surface area contributed by atoms with E-state index in [0.717, 1.165) is 18.4 Å². The van der Waals surface area contributed by atoms with Crippen molar-refractivity contribution >= 4 is 17.7 Å². The molecule has 1 aliphatic rings. The van der Waals surface area contributed by atoms with Gasteiger partial charge in [-0.25, -0.2) is 9.78 Å². The molecule has 0 aliphatic heterocycles. The van der Waals surface area contributed by atoms with Gasteiger partial charge in [-0.3, -0.25) is 4.79 Å². The van der Waals surface area contributed by atoms with Gasteiger partial charge in [-0.2, -0.15) is 0 Å². The third kappa shape index (κ3) is 3.79. The maximum absolute atomic E-state index is 11.7. The molecular weight excluding hydrogens is 304 g/mol. The van der Waals surface area contributed by atoms with Crippen LogP contribution in [-0.2, 0) is 4.79 Å². The zero-order chi connectivity index (χ0) is 17.1. The van der Waals surface area contributed by atoms with E-state index in [9.17, 15) is 9.59 Å². The fourth-order valence-corrected chi connectivity index (χ4v) is 2.14. The Labute approximate surface area is 139 Å². The van der Waals surface area contributed by atoms with Gasteiger partial charge in [0.05, 0.1) is 5.56 Å². The van der Waals surface area contributed by atoms with E-state index >= 15 is 0 Å². The third-order valence-electron chi connectivity index (χ3n) is 3.79. The largest absolute Gasteiger partial charge is 0.478 e. The number of nitrogens with zero attached hydrogens (tertiary/aromatic N) is 1. The predicted molar refractivity (Wildman–Crippen MR) is 89.7 cm³/mol. The second-order valence-corrected chi connectivity index (χ2v) is 5.78. The summed E-state index contributed by atoms with van der Waals surface area (Å²) in [7, 11) is 0. The molecule has 5 heteroatoms. The van der Waals surface area contributed by atoms with Crippen molar-refractivity contribution in [2.24, 2.45) is 5.92 Å². The van der Waals surface area contributed by atoms with Crippen molar-refractivity contribution in [3.05, 3.63) is 58.8 Å². The van der Waals surface area contributed by atoms with Gasteiger partial charge in [-0.15, -0.1) is 0 Å². The molecule has 0 spiro atoms. The van der Waals surface area contributed by atoms with Gasteiger partial charge in [0.25, 0.3) is 0 Å². The van der Waals surface area contributed by atoms with Crippen molar-refractivity contribution in [3.63, 3.8) is 0 Å². The van der Waals surface area contributed by atoms with Crippen LogP contribution in [0.25, 0.3) is 0 Å². The summed E-state index contributed by atoms with van der Waals surface area (Å²) in [6.45, 7) is 1.88. The molecule has 1 saturated carbocycles. The monoisotopic (exact) mass is 320 g/mol. The Morgan fingerprint density at radius 3 is 2.62 bits per heavy atom. The minimum Gasteiger partial charge on any atom is -0.478 e. The normalized spacial score (nSPS) is 12.9. The average molecular weight is 320 g/mol. The highest BCUT2D eigenvalue weighted by Gasteiger charge is 2.29. The maximum atomic E-state index is 11.7. The second-order valence-electron chi connectivity index (χ2n) is 5.78. The van der Waals surface area contributed by atoms with Crippen LogP contribution in [0, 0.1) is 24.7 Å². The Morgan fingerprint density at radius 1 is 1.21 bits per heavy atom. The topological polar surface area (TPSA) is 79.3 Å². The summed E-state index contributed by atoms with van der Waals surface area (Å²) < 4.78 is 0. The SMILES string of the molecule is Cc1ccc(C(=O)O)cc1C#Cc1ccc(NC(=O)C2CC2)nc1. The highest BCUT2D eigenvalue weighted by molar-refractivity contribution is 5.93. The van der Waals surface area contributed by atoms with Crippen LogP contribution in [0.2, 0.25) is 0 Å². The van der Waals surface area contributed by atoms with E-state index in [0.29, 0.717) is 16.9 Å². The molecule has 2 N–H and O–H groups in total. The number of hydrogen-bond acceptors (Lipinski definition) is 3. The van der Waals surface area contributed by atoms with Crippen LogP contribution in [0.15, 0.2) is 36.5 Å². The fraction of sp³-hybridized carbons (Fsp3) is 0.211. The Balaban J connectivity index is 1.74. The molecule has 1 aromatic carbocycles. The van der Waals surface area contributed by atoms with Crippen LogP contribution in [0.1, 0.15) is 39.9 Å². The molecule has 3 rings (SSSR count). The summed E-state index contributed by atoms with van der Waals surface area (Å²) >= 11 is 0. The van der Waals surface area contributed by atoms with E-state index < -0.39 is 5.97 Å². The van der Waals surface area contributed by atoms with Gasteiger partial charge in [0.15, 0.2) is 0 Å². The predicted octanol–water partition coefficient (Wildman–Crippen LogP) is 2.84. The molecule has 0 bridgehead atoms. The van der Waals surface area contributed by atoms with E-state index in [-0.39, 0.29) is 17.4 Å². The highest BCUT2D eigenvalue weighted by Crippen LogP contribution is 2.29. The number of aromatic carboxylic acids is 1. The number of benzene rings is 1. The molecule has 24 heavy (non-hydrogen) atoms. The Hall–Kier alpha value is -3.13. The molecule has 1 aliphatic carbocycles. The van der Waals surface area contributed by atoms with Crippen LogP contribution in [0.5, 0.6) is 0 Å². The molecule has 0 saturated heterocycles. The lowest BCUT2D eigenvalue weighted by molar-refractivity contribution is -0.117.